The lowest BCUT2D eigenvalue weighted by molar-refractivity contribution is 0.0698. The van der Waals surface area contributed by atoms with E-state index in [-0.39, 0.29) is 26.9 Å². The summed E-state index contributed by atoms with van der Waals surface area (Å²) in [4.78, 5) is 38.9. The highest BCUT2D eigenvalue weighted by Gasteiger charge is 2.22. The molecule has 2 heterocycles. The zero-order valence-electron chi connectivity index (χ0n) is 21.0. The molecule has 0 atom stereocenters. The van der Waals surface area contributed by atoms with Crippen molar-refractivity contribution in [3.05, 3.63) is 63.9 Å². The molecule has 0 unspecified atom stereocenters. The van der Waals surface area contributed by atoms with Crippen LogP contribution in [0.25, 0.3) is 22.2 Å². The Morgan fingerprint density at radius 2 is 1.72 bits per heavy atom. The Balaban J connectivity index is 0.000000255. The molecule has 0 saturated heterocycles. The first-order chi connectivity index (χ1) is 18.6. The number of nitrogens with one attached hydrogen (secondary N) is 1. The number of carboxylic acids is 1. The van der Waals surface area contributed by atoms with Crippen LogP contribution in [0.2, 0.25) is 10.0 Å². The average molecular weight is 572 g/mol. The molecule has 0 fully saturated rings. The second kappa shape index (κ2) is 12.9. The van der Waals surface area contributed by atoms with E-state index in [1.54, 1.807) is 24.1 Å². The fourth-order valence-corrected chi connectivity index (χ4v) is 4.29. The Bertz CT molecular complexity index is 1540. The number of hydrogen-bond donors (Lipinski definition) is 3. The number of methoxy groups -OCH3 is 2. The number of carbonyl (C=O) groups excluding carboxylic acids is 1. The second-order valence-corrected chi connectivity index (χ2v) is 8.71. The molecule has 0 bridgehead atoms. The highest BCUT2D eigenvalue weighted by molar-refractivity contribution is 6.41. The summed E-state index contributed by atoms with van der Waals surface area (Å²) in [5, 5.41) is 18.3. The molecule has 2 aromatic carbocycles. The van der Waals surface area contributed by atoms with Crippen LogP contribution in [-0.2, 0) is 6.54 Å². The van der Waals surface area contributed by atoms with Gasteiger partial charge in [-0.05, 0) is 13.1 Å². The number of benzene rings is 2. The molecule has 0 aliphatic heterocycles. The number of aromatic amines is 1. The van der Waals surface area contributed by atoms with Gasteiger partial charge >= 0.3 is 5.97 Å². The number of nitrogens with zero attached hydrogens (tertiary/aromatic N) is 5. The van der Waals surface area contributed by atoms with Gasteiger partial charge in [0.05, 0.1) is 54.2 Å². The van der Waals surface area contributed by atoms with E-state index in [9.17, 15) is 14.7 Å². The van der Waals surface area contributed by atoms with Crippen molar-refractivity contribution in [2.75, 3.05) is 27.8 Å². The molecule has 202 valence electrons. The van der Waals surface area contributed by atoms with Crippen LogP contribution in [0.15, 0.2) is 36.8 Å². The number of carboxylic acid groups (broad SMARTS) is 1. The van der Waals surface area contributed by atoms with Crippen LogP contribution in [0.5, 0.6) is 11.5 Å². The number of imidazole rings is 1. The van der Waals surface area contributed by atoms with Crippen LogP contribution in [0.1, 0.15) is 26.7 Å². The van der Waals surface area contributed by atoms with Crippen LogP contribution in [-0.4, -0.2) is 69.6 Å². The maximum Gasteiger partial charge on any atom is 0.337 e. The van der Waals surface area contributed by atoms with Crippen molar-refractivity contribution < 1.29 is 24.2 Å². The molecule has 12 nitrogen and oxygen atoms in total. The SMILES string of the molecule is CN(CC#N)Cc1cnc(C(N)=O)[nH]1.COc1cc(OC)c(Cl)c(-c2ccc(C(=O)O)c3nccnc23)c1Cl. The molecule has 0 aliphatic rings. The summed E-state index contributed by atoms with van der Waals surface area (Å²) in [5.41, 5.74) is 7.38. The maximum absolute atomic E-state index is 11.4. The zero-order valence-corrected chi connectivity index (χ0v) is 22.5. The van der Waals surface area contributed by atoms with E-state index in [0.29, 0.717) is 41.2 Å². The van der Waals surface area contributed by atoms with Crippen molar-refractivity contribution in [3.63, 3.8) is 0 Å². The van der Waals surface area contributed by atoms with Gasteiger partial charge < -0.3 is 25.3 Å². The highest BCUT2D eigenvalue weighted by atomic mass is 35.5. The molecule has 4 rings (SSSR count). The number of rotatable bonds is 8. The molecule has 1 amide bonds. The summed E-state index contributed by atoms with van der Waals surface area (Å²) in [6.45, 7) is 0.860. The van der Waals surface area contributed by atoms with Gasteiger partial charge in [-0.3, -0.25) is 19.7 Å². The van der Waals surface area contributed by atoms with Gasteiger partial charge in [0.1, 0.15) is 17.0 Å². The van der Waals surface area contributed by atoms with E-state index in [4.69, 9.17) is 43.7 Å². The molecule has 39 heavy (non-hydrogen) atoms. The number of carbonyl (C=O) groups is 2. The lowest BCUT2D eigenvalue weighted by Crippen LogP contribution is -2.18. The lowest BCUT2D eigenvalue weighted by atomic mass is 10.00. The molecule has 4 aromatic rings. The monoisotopic (exact) mass is 571 g/mol. The van der Waals surface area contributed by atoms with E-state index in [2.05, 4.69) is 19.9 Å². The van der Waals surface area contributed by atoms with Crippen molar-refractivity contribution in [2.45, 2.75) is 6.54 Å². The largest absolute Gasteiger partial charge is 0.495 e. The fraction of sp³-hybridized carbons (Fsp3) is 0.200. The Morgan fingerprint density at radius 3 is 2.23 bits per heavy atom. The van der Waals surface area contributed by atoms with Crippen molar-refractivity contribution in [3.8, 4) is 28.7 Å². The van der Waals surface area contributed by atoms with E-state index < -0.39 is 11.9 Å². The summed E-state index contributed by atoms with van der Waals surface area (Å²) in [5.74, 6) is -0.795. The predicted octanol–water partition coefficient (Wildman–Crippen LogP) is 3.78. The maximum atomic E-state index is 11.4. The van der Waals surface area contributed by atoms with Gasteiger partial charge in [0.2, 0.25) is 0 Å². The molecule has 14 heteroatoms. The Morgan fingerprint density at radius 1 is 1.10 bits per heavy atom. The number of amides is 1. The number of aromatic carboxylic acids is 1. The quantitative estimate of drug-likeness (QED) is 0.263. The van der Waals surface area contributed by atoms with Crippen molar-refractivity contribution in [1.82, 2.24) is 24.8 Å². The number of halogens is 2. The summed E-state index contributed by atoms with van der Waals surface area (Å²) in [6, 6.07) is 6.62. The summed E-state index contributed by atoms with van der Waals surface area (Å²) >= 11 is 12.9. The number of hydrogen-bond acceptors (Lipinski definition) is 9. The Labute approximate surface area is 232 Å². The molecule has 0 spiro atoms. The number of nitrogens with two attached hydrogens (primary N) is 1. The van der Waals surface area contributed by atoms with Gasteiger partial charge in [0, 0.05) is 41.8 Å². The number of H-pyrrole nitrogens is 1. The van der Waals surface area contributed by atoms with Crippen LogP contribution in [0.3, 0.4) is 0 Å². The summed E-state index contributed by atoms with van der Waals surface area (Å²) < 4.78 is 10.6. The summed E-state index contributed by atoms with van der Waals surface area (Å²) in [7, 11) is 4.75. The van der Waals surface area contributed by atoms with Gasteiger partial charge in [0.25, 0.3) is 5.91 Å². The Hall–Kier alpha value is -4.44. The Kier molecular flexibility index (Phi) is 9.62. The van der Waals surface area contributed by atoms with Crippen molar-refractivity contribution in [1.29, 1.82) is 5.26 Å². The topological polar surface area (TPSA) is 180 Å². The third-order valence-corrected chi connectivity index (χ3v) is 6.09. The molecule has 0 radical (unpaired) electrons. The number of aromatic nitrogens is 4. The molecular formula is C25H23Cl2N7O5. The highest BCUT2D eigenvalue weighted by Crippen LogP contribution is 2.47. The molecular weight excluding hydrogens is 549 g/mol. The third-order valence-electron chi connectivity index (χ3n) is 5.34. The fourth-order valence-electron chi connectivity index (χ4n) is 3.59. The van der Waals surface area contributed by atoms with Crippen LogP contribution in [0.4, 0.5) is 0 Å². The zero-order chi connectivity index (χ0) is 28.7. The first-order valence-corrected chi connectivity index (χ1v) is 11.8. The van der Waals surface area contributed by atoms with E-state index in [0.717, 1.165) is 5.69 Å². The second-order valence-electron chi connectivity index (χ2n) is 7.96. The lowest BCUT2D eigenvalue weighted by Gasteiger charge is -2.16. The smallest absolute Gasteiger partial charge is 0.337 e. The number of fused-ring (bicyclic) bond motifs is 1. The van der Waals surface area contributed by atoms with Crippen molar-refractivity contribution >= 4 is 46.1 Å². The molecule has 0 aliphatic carbocycles. The normalized spacial score (nSPS) is 10.5. The molecule has 4 N–H and O–H groups in total. The minimum absolute atomic E-state index is 0.0361. The van der Waals surface area contributed by atoms with Crippen LogP contribution < -0.4 is 15.2 Å². The van der Waals surface area contributed by atoms with Gasteiger partial charge in [-0.2, -0.15) is 5.26 Å². The first kappa shape index (κ1) is 29.1. The van der Waals surface area contributed by atoms with E-state index in [1.807, 2.05) is 6.07 Å². The minimum Gasteiger partial charge on any atom is -0.495 e. The van der Waals surface area contributed by atoms with Gasteiger partial charge in [-0.15, -0.1) is 0 Å². The van der Waals surface area contributed by atoms with Crippen LogP contribution >= 0.6 is 23.2 Å². The molecule has 0 saturated carbocycles. The number of primary amides is 1. The number of ether oxygens (including phenoxy) is 2. The van der Waals surface area contributed by atoms with Crippen LogP contribution in [0, 0.1) is 11.3 Å². The standard InChI is InChI=1S/C17H12Cl2N2O4.C8H11N5O/c1-24-10-7-11(25-2)14(19)12(13(10)18)8-3-4-9(17(22)23)16-15(8)20-5-6-21-16;1-13(3-2-9)5-6-4-11-8(12-6)7(10)14/h3-7H,1-2H3,(H,22,23);4H,3,5H2,1H3,(H2,10,14)(H,11,12). The average Bonchev–Trinajstić information content (AvgIpc) is 3.38. The molecule has 2 aromatic heterocycles. The minimum atomic E-state index is -1.10. The van der Waals surface area contributed by atoms with Gasteiger partial charge in [-0.25, -0.2) is 9.78 Å². The predicted molar refractivity (Wildman–Crippen MR) is 144 cm³/mol. The van der Waals surface area contributed by atoms with Gasteiger partial charge in [0.15, 0.2) is 5.82 Å². The first-order valence-electron chi connectivity index (χ1n) is 11.1. The van der Waals surface area contributed by atoms with E-state index in [1.165, 1.54) is 38.9 Å². The van der Waals surface area contributed by atoms with Gasteiger partial charge in [-0.1, -0.05) is 29.3 Å². The van der Waals surface area contributed by atoms with Crippen molar-refractivity contribution in [2.24, 2.45) is 5.73 Å². The summed E-state index contributed by atoms with van der Waals surface area (Å²) in [6.07, 6.45) is 4.43. The third kappa shape index (κ3) is 6.53. The van der Waals surface area contributed by atoms with E-state index >= 15 is 0 Å². The number of nitriles is 1.